The van der Waals surface area contributed by atoms with Crippen LogP contribution in [0.2, 0.25) is 0 Å². The van der Waals surface area contributed by atoms with Crippen LogP contribution in [0.4, 0.5) is 0 Å². The summed E-state index contributed by atoms with van der Waals surface area (Å²) in [5.41, 5.74) is 6.48. The predicted octanol–water partition coefficient (Wildman–Crippen LogP) is -0.756. The molecule has 1 aromatic carbocycles. The first-order chi connectivity index (χ1) is 7.50. The topological polar surface area (TPSA) is 122 Å². The quantitative estimate of drug-likeness (QED) is 0.397. The largest absolute Gasteiger partial charge is 0.508 e. The standard InChI is InChI=1S/C9H10N2O5/c10-8(14)4-16-11-9(15)6-3-5(12)1-2-7(6)13/h1-3,12-13H,4H2,(H2,10,14)(H,11,15). The number of hydrogen-bond acceptors (Lipinski definition) is 5. The average molecular weight is 226 g/mol. The molecule has 7 heteroatoms. The van der Waals surface area contributed by atoms with E-state index >= 15 is 0 Å². The van der Waals surface area contributed by atoms with Gasteiger partial charge in [-0.15, -0.1) is 0 Å². The zero-order valence-electron chi connectivity index (χ0n) is 8.14. The number of aromatic hydroxyl groups is 2. The van der Waals surface area contributed by atoms with Gasteiger partial charge in [0.25, 0.3) is 5.91 Å². The lowest BCUT2D eigenvalue weighted by Gasteiger charge is -2.06. The maximum atomic E-state index is 11.3. The number of amides is 2. The summed E-state index contributed by atoms with van der Waals surface area (Å²) in [6, 6.07) is 3.42. The van der Waals surface area contributed by atoms with Gasteiger partial charge in [-0.25, -0.2) is 5.48 Å². The first-order valence-electron chi connectivity index (χ1n) is 4.23. The van der Waals surface area contributed by atoms with Crippen LogP contribution in [-0.4, -0.2) is 28.6 Å². The van der Waals surface area contributed by atoms with Crippen molar-refractivity contribution < 1.29 is 24.6 Å². The third-order valence-corrected chi connectivity index (χ3v) is 1.60. The van der Waals surface area contributed by atoms with E-state index in [0.29, 0.717) is 0 Å². The number of hydroxylamine groups is 1. The molecular weight excluding hydrogens is 216 g/mol. The SMILES string of the molecule is NC(=O)CONC(=O)c1cc(O)ccc1O. The van der Waals surface area contributed by atoms with Crippen LogP contribution in [0, 0.1) is 0 Å². The van der Waals surface area contributed by atoms with Gasteiger partial charge in [0.2, 0.25) is 5.91 Å². The van der Waals surface area contributed by atoms with Gasteiger partial charge in [-0.1, -0.05) is 0 Å². The van der Waals surface area contributed by atoms with Crippen molar-refractivity contribution in [1.29, 1.82) is 0 Å². The Labute approximate surface area is 90.4 Å². The molecule has 1 rings (SSSR count). The third kappa shape index (κ3) is 3.14. The Morgan fingerprint density at radius 3 is 2.69 bits per heavy atom. The van der Waals surface area contributed by atoms with Gasteiger partial charge in [-0.05, 0) is 18.2 Å². The van der Waals surface area contributed by atoms with Gasteiger partial charge in [0.05, 0.1) is 5.56 Å². The van der Waals surface area contributed by atoms with Crippen molar-refractivity contribution in [2.75, 3.05) is 6.61 Å². The number of benzene rings is 1. The zero-order valence-corrected chi connectivity index (χ0v) is 8.14. The van der Waals surface area contributed by atoms with Crippen molar-refractivity contribution in [3.05, 3.63) is 23.8 Å². The fourth-order valence-corrected chi connectivity index (χ4v) is 0.934. The van der Waals surface area contributed by atoms with Crippen molar-refractivity contribution in [1.82, 2.24) is 5.48 Å². The second kappa shape index (κ2) is 4.99. The molecule has 2 amide bonds. The number of primary amides is 1. The zero-order chi connectivity index (χ0) is 12.1. The van der Waals surface area contributed by atoms with E-state index < -0.39 is 18.4 Å². The van der Waals surface area contributed by atoms with Crippen molar-refractivity contribution in [2.45, 2.75) is 0 Å². The van der Waals surface area contributed by atoms with E-state index in [4.69, 9.17) is 10.8 Å². The van der Waals surface area contributed by atoms with Gasteiger partial charge in [0.15, 0.2) is 6.61 Å². The van der Waals surface area contributed by atoms with Crippen molar-refractivity contribution >= 4 is 11.8 Å². The summed E-state index contributed by atoms with van der Waals surface area (Å²) in [7, 11) is 0. The Hall–Kier alpha value is -2.28. The van der Waals surface area contributed by atoms with Crippen LogP contribution in [0.3, 0.4) is 0 Å². The minimum absolute atomic E-state index is 0.176. The molecule has 0 aliphatic carbocycles. The maximum Gasteiger partial charge on any atom is 0.278 e. The molecule has 16 heavy (non-hydrogen) atoms. The Bertz CT molecular complexity index is 418. The van der Waals surface area contributed by atoms with Crippen LogP contribution >= 0.6 is 0 Å². The number of carbonyl (C=O) groups is 2. The maximum absolute atomic E-state index is 11.3. The van der Waals surface area contributed by atoms with Gasteiger partial charge >= 0.3 is 0 Å². The summed E-state index contributed by atoms with van der Waals surface area (Å²) < 4.78 is 0. The minimum Gasteiger partial charge on any atom is -0.508 e. The summed E-state index contributed by atoms with van der Waals surface area (Å²) in [5.74, 6) is -2.05. The molecule has 0 spiro atoms. The molecule has 0 saturated carbocycles. The molecule has 0 radical (unpaired) electrons. The number of nitrogens with one attached hydrogen (secondary N) is 1. The fraction of sp³-hybridized carbons (Fsp3) is 0.111. The van der Waals surface area contributed by atoms with Crippen LogP contribution in [0.25, 0.3) is 0 Å². The fourth-order valence-electron chi connectivity index (χ4n) is 0.934. The first kappa shape index (κ1) is 11.8. The molecule has 5 N–H and O–H groups in total. The van der Waals surface area contributed by atoms with Gasteiger partial charge in [-0.2, -0.15) is 0 Å². The summed E-state index contributed by atoms with van der Waals surface area (Å²) in [5, 5.41) is 18.4. The Balaban J connectivity index is 2.65. The van der Waals surface area contributed by atoms with E-state index in [0.717, 1.165) is 12.1 Å². The van der Waals surface area contributed by atoms with Crippen LogP contribution in [0.5, 0.6) is 11.5 Å². The molecule has 0 bridgehead atoms. The van der Waals surface area contributed by atoms with Gasteiger partial charge in [0.1, 0.15) is 11.5 Å². The molecule has 0 fully saturated rings. The number of hydrogen-bond donors (Lipinski definition) is 4. The van der Waals surface area contributed by atoms with Crippen molar-refractivity contribution in [3.63, 3.8) is 0 Å². The number of rotatable bonds is 4. The second-order valence-electron chi connectivity index (χ2n) is 2.89. The summed E-state index contributed by atoms with van der Waals surface area (Å²) in [6.07, 6.45) is 0. The normalized spacial score (nSPS) is 9.75. The van der Waals surface area contributed by atoms with Crippen LogP contribution < -0.4 is 11.2 Å². The average Bonchev–Trinajstić information content (AvgIpc) is 2.21. The molecule has 0 aliphatic heterocycles. The third-order valence-electron chi connectivity index (χ3n) is 1.60. The number of nitrogens with two attached hydrogens (primary N) is 1. The Morgan fingerprint density at radius 1 is 1.38 bits per heavy atom. The van der Waals surface area contributed by atoms with Crippen LogP contribution in [0.15, 0.2) is 18.2 Å². The number of phenolic OH excluding ortho intramolecular Hbond substituents is 2. The van der Waals surface area contributed by atoms with E-state index in [1.165, 1.54) is 6.07 Å². The summed E-state index contributed by atoms with van der Waals surface area (Å²) in [6.45, 7) is -0.481. The van der Waals surface area contributed by atoms with Gasteiger partial charge < -0.3 is 15.9 Å². The number of phenols is 2. The van der Waals surface area contributed by atoms with Crippen LogP contribution in [0.1, 0.15) is 10.4 Å². The molecule has 0 atom stereocenters. The smallest absolute Gasteiger partial charge is 0.278 e. The van der Waals surface area contributed by atoms with Gasteiger partial charge in [0, 0.05) is 0 Å². The van der Waals surface area contributed by atoms with Crippen molar-refractivity contribution in [2.24, 2.45) is 5.73 Å². The Kier molecular flexibility index (Phi) is 3.67. The van der Waals surface area contributed by atoms with E-state index in [2.05, 4.69) is 4.84 Å². The van der Waals surface area contributed by atoms with E-state index in [1.54, 1.807) is 0 Å². The summed E-state index contributed by atoms with van der Waals surface area (Å²) >= 11 is 0. The molecule has 0 aliphatic rings. The highest BCUT2D eigenvalue weighted by Gasteiger charge is 2.12. The lowest BCUT2D eigenvalue weighted by atomic mass is 10.2. The molecule has 7 nitrogen and oxygen atoms in total. The van der Waals surface area contributed by atoms with Gasteiger partial charge in [-0.3, -0.25) is 14.4 Å². The molecule has 86 valence electrons. The lowest BCUT2D eigenvalue weighted by Crippen LogP contribution is -2.29. The van der Waals surface area contributed by atoms with E-state index in [1.807, 2.05) is 5.48 Å². The highest BCUT2D eigenvalue weighted by atomic mass is 16.7. The minimum atomic E-state index is -0.797. The van der Waals surface area contributed by atoms with E-state index in [-0.39, 0.29) is 17.1 Å². The second-order valence-corrected chi connectivity index (χ2v) is 2.89. The lowest BCUT2D eigenvalue weighted by molar-refractivity contribution is -0.124. The monoisotopic (exact) mass is 226 g/mol. The first-order valence-corrected chi connectivity index (χ1v) is 4.23. The molecule has 0 unspecified atom stereocenters. The van der Waals surface area contributed by atoms with Crippen molar-refractivity contribution in [3.8, 4) is 11.5 Å². The molecule has 0 heterocycles. The number of carbonyl (C=O) groups excluding carboxylic acids is 2. The molecule has 0 aromatic heterocycles. The predicted molar refractivity (Wildman–Crippen MR) is 52.4 cm³/mol. The summed E-state index contributed by atoms with van der Waals surface area (Å²) in [4.78, 5) is 26.1. The highest BCUT2D eigenvalue weighted by molar-refractivity contribution is 5.96. The molecule has 1 aromatic rings. The van der Waals surface area contributed by atoms with E-state index in [9.17, 15) is 14.7 Å². The molecule has 0 saturated heterocycles. The molecular formula is C9H10N2O5. The Morgan fingerprint density at radius 2 is 2.06 bits per heavy atom. The van der Waals surface area contributed by atoms with Crippen LogP contribution in [-0.2, 0) is 9.63 Å². The highest BCUT2D eigenvalue weighted by Crippen LogP contribution is 2.21.